The zero-order valence-corrected chi connectivity index (χ0v) is 7.96. The van der Waals surface area contributed by atoms with Crippen LogP contribution in [-0.2, 0) is 4.79 Å². The van der Waals surface area contributed by atoms with Gasteiger partial charge in [0.25, 0.3) is 0 Å². The standard InChI is InChI=1S/C10H11ClO2/c11-10(12)7-4-8-13-9-5-2-1-3-6-9/h1-3,5-6H,4,7-8H2. The molecule has 0 unspecified atom stereocenters. The van der Waals surface area contributed by atoms with Gasteiger partial charge in [-0.15, -0.1) is 0 Å². The van der Waals surface area contributed by atoms with E-state index in [4.69, 9.17) is 16.3 Å². The number of hydrogen-bond acceptors (Lipinski definition) is 2. The van der Waals surface area contributed by atoms with E-state index in [1.165, 1.54) is 0 Å². The van der Waals surface area contributed by atoms with Gasteiger partial charge in [0.1, 0.15) is 5.75 Å². The molecule has 0 fully saturated rings. The van der Waals surface area contributed by atoms with Gasteiger partial charge in [-0.05, 0) is 30.2 Å². The van der Waals surface area contributed by atoms with Crippen LogP contribution in [0.5, 0.6) is 5.75 Å². The second-order valence-electron chi connectivity index (χ2n) is 2.62. The molecule has 1 aromatic rings. The van der Waals surface area contributed by atoms with Crippen LogP contribution in [0, 0.1) is 0 Å². The van der Waals surface area contributed by atoms with Gasteiger partial charge in [-0.1, -0.05) is 18.2 Å². The first-order valence-electron chi connectivity index (χ1n) is 4.15. The molecule has 2 nitrogen and oxygen atoms in total. The van der Waals surface area contributed by atoms with Crippen molar-refractivity contribution in [1.82, 2.24) is 0 Å². The van der Waals surface area contributed by atoms with Gasteiger partial charge in [-0.2, -0.15) is 0 Å². The predicted molar refractivity (Wildman–Crippen MR) is 52.0 cm³/mol. The van der Waals surface area contributed by atoms with Crippen molar-refractivity contribution in [2.75, 3.05) is 6.61 Å². The van der Waals surface area contributed by atoms with E-state index in [0.29, 0.717) is 19.4 Å². The largest absolute Gasteiger partial charge is 0.494 e. The van der Waals surface area contributed by atoms with Crippen LogP contribution in [0.15, 0.2) is 30.3 Å². The normalized spacial score (nSPS) is 9.62. The Morgan fingerprint density at radius 2 is 2.00 bits per heavy atom. The van der Waals surface area contributed by atoms with Gasteiger partial charge in [0.2, 0.25) is 5.24 Å². The van der Waals surface area contributed by atoms with Gasteiger partial charge in [0.05, 0.1) is 6.61 Å². The molecule has 0 bridgehead atoms. The Morgan fingerprint density at radius 1 is 1.31 bits per heavy atom. The zero-order chi connectivity index (χ0) is 9.52. The van der Waals surface area contributed by atoms with Crippen molar-refractivity contribution < 1.29 is 9.53 Å². The lowest BCUT2D eigenvalue weighted by molar-refractivity contribution is -0.111. The monoisotopic (exact) mass is 198 g/mol. The Bertz CT molecular complexity index is 259. The number of benzene rings is 1. The minimum atomic E-state index is -0.309. The summed E-state index contributed by atoms with van der Waals surface area (Å²) in [5, 5.41) is -0.309. The minimum absolute atomic E-state index is 0.309. The highest BCUT2D eigenvalue weighted by molar-refractivity contribution is 6.63. The summed E-state index contributed by atoms with van der Waals surface area (Å²) in [7, 11) is 0. The SMILES string of the molecule is O=C(Cl)CCCOc1ccccc1. The summed E-state index contributed by atoms with van der Waals surface area (Å²) in [5.74, 6) is 0.824. The van der Waals surface area contributed by atoms with Crippen LogP contribution in [0.25, 0.3) is 0 Å². The summed E-state index contributed by atoms with van der Waals surface area (Å²) in [5.41, 5.74) is 0. The highest BCUT2D eigenvalue weighted by Crippen LogP contribution is 2.08. The highest BCUT2D eigenvalue weighted by Gasteiger charge is 1.96. The van der Waals surface area contributed by atoms with Gasteiger partial charge >= 0.3 is 0 Å². The lowest BCUT2D eigenvalue weighted by Gasteiger charge is -2.03. The van der Waals surface area contributed by atoms with E-state index >= 15 is 0 Å². The molecule has 0 saturated carbocycles. The van der Waals surface area contributed by atoms with E-state index in [-0.39, 0.29) is 5.24 Å². The van der Waals surface area contributed by atoms with Crippen molar-refractivity contribution in [2.24, 2.45) is 0 Å². The molecular formula is C10H11ClO2. The van der Waals surface area contributed by atoms with Crippen molar-refractivity contribution in [3.8, 4) is 5.75 Å². The number of rotatable bonds is 5. The average Bonchev–Trinajstić information content (AvgIpc) is 2.14. The number of hydrogen-bond donors (Lipinski definition) is 0. The Hall–Kier alpha value is -1.02. The van der Waals surface area contributed by atoms with E-state index in [0.717, 1.165) is 5.75 Å². The maximum Gasteiger partial charge on any atom is 0.221 e. The Balaban J connectivity index is 2.17. The van der Waals surface area contributed by atoms with E-state index in [1.54, 1.807) is 0 Å². The fourth-order valence-corrected chi connectivity index (χ4v) is 1.05. The quantitative estimate of drug-likeness (QED) is 0.537. The average molecular weight is 199 g/mol. The Kier molecular flexibility index (Phi) is 4.33. The third kappa shape index (κ3) is 4.53. The molecule has 70 valence electrons. The topological polar surface area (TPSA) is 26.3 Å². The van der Waals surface area contributed by atoms with Gasteiger partial charge in [-0.25, -0.2) is 0 Å². The molecule has 3 heteroatoms. The Labute approximate surface area is 82.5 Å². The molecule has 0 aromatic heterocycles. The van der Waals surface area contributed by atoms with Crippen LogP contribution in [0.2, 0.25) is 0 Å². The predicted octanol–water partition coefficient (Wildman–Crippen LogP) is 2.61. The lowest BCUT2D eigenvalue weighted by Crippen LogP contribution is -1.98. The summed E-state index contributed by atoms with van der Waals surface area (Å²) >= 11 is 5.17. The number of halogens is 1. The summed E-state index contributed by atoms with van der Waals surface area (Å²) in [6, 6.07) is 9.49. The molecule has 0 saturated heterocycles. The second kappa shape index (κ2) is 5.60. The fraction of sp³-hybridized carbons (Fsp3) is 0.300. The molecule has 0 N–H and O–H groups in total. The summed E-state index contributed by atoms with van der Waals surface area (Å²) < 4.78 is 5.35. The molecule has 0 aliphatic heterocycles. The van der Waals surface area contributed by atoms with E-state index < -0.39 is 0 Å². The maximum atomic E-state index is 10.4. The second-order valence-corrected chi connectivity index (χ2v) is 3.04. The molecule has 0 spiro atoms. The van der Waals surface area contributed by atoms with Crippen LogP contribution in [0.1, 0.15) is 12.8 Å². The van der Waals surface area contributed by atoms with Gasteiger partial charge < -0.3 is 4.74 Å². The zero-order valence-electron chi connectivity index (χ0n) is 7.20. The van der Waals surface area contributed by atoms with Crippen LogP contribution >= 0.6 is 11.6 Å². The molecule has 1 rings (SSSR count). The van der Waals surface area contributed by atoms with Gasteiger partial charge in [0, 0.05) is 6.42 Å². The van der Waals surface area contributed by atoms with E-state index in [9.17, 15) is 4.79 Å². The molecule has 0 atom stereocenters. The number of ether oxygens (including phenoxy) is 1. The van der Waals surface area contributed by atoms with Crippen LogP contribution in [0.4, 0.5) is 0 Å². The maximum absolute atomic E-state index is 10.4. The van der Waals surface area contributed by atoms with Crippen molar-refractivity contribution in [3.63, 3.8) is 0 Å². The smallest absolute Gasteiger partial charge is 0.221 e. The molecule has 0 aliphatic carbocycles. The lowest BCUT2D eigenvalue weighted by atomic mass is 10.3. The molecule has 0 amide bonds. The van der Waals surface area contributed by atoms with Crippen LogP contribution in [0.3, 0.4) is 0 Å². The molecule has 0 heterocycles. The van der Waals surface area contributed by atoms with Crippen molar-refractivity contribution >= 4 is 16.8 Å². The van der Waals surface area contributed by atoms with Crippen molar-refractivity contribution in [2.45, 2.75) is 12.8 Å². The summed E-state index contributed by atoms with van der Waals surface area (Å²) in [6.45, 7) is 0.530. The summed E-state index contributed by atoms with van der Waals surface area (Å²) in [4.78, 5) is 10.4. The van der Waals surface area contributed by atoms with Crippen molar-refractivity contribution in [1.29, 1.82) is 0 Å². The third-order valence-electron chi connectivity index (χ3n) is 1.53. The minimum Gasteiger partial charge on any atom is -0.494 e. The number of para-hydroxylation sites is 1. The number of carbonyl (C=O) groups is 1. The molecule has 0 radical (unpaired) electrons. The molecule has 13 heavy (non-hydrogen) atoms. The first-order valence-corrected chi connectivity index (χ1v) is 4.53. The highest BCUT2D eigenvalue weighted by atomic mass is 35.5. The van der Waals surface area contributed by atoms with Crippen molar-refractivity contribution in [3.05, 3.63) is 30.3 Å². The molecule has 1 aromatic carbocycles. The fourth-order valence-electron chi connectivity index (χ4n) is 0.918. The number of carbonyl (C=O) groups excluding carboxylic acids is 1. The van der Waals surface area contributed by atoms with Crippen LogP contribution in [-0.4, -0.2) is 11.8 Å². The van der Waals surface area contributed by atoms with E-state index in [2.05, 4.69) is 0 Å². The third-order valence-corrected chi connectivity index (χ3v) is 1.72. The summed E-state index contributed by atoms with van der Waals surface area (Å²) in [6.07, 6.45) is 1.03. The first kappa shape index (κ1) is 10.1. The first-order chi connectivity index (χ1) is 6.29. The Morgan fingerprint density at radius 3 is 2.62 bits per heavy atom. The molecular weight excluding hydrogens is 188 g/mol. The van der Waals surface area contributed by atoms with Crippen LogP contribution < -0.4 is 4.74 Å². The van der Waals surface area contributed by atoms with Gasteiger partial charge in [-0.3, -0.25) is 4.79 Å². The van der Waals surface area contributed by atoms with Gasteiger partial charge in [0.15, 0.2) is 0 Å². The molecule has 0 aliphatic rings. The van der Waals surface area contributed by atoms with E-state index in [1.807, 2.05) is 30.3 Å².